The van der Waals surface area contributed by atoms with Gasteiger partial charge in [0.1, 0.15) is 30.0 Å². The summed E-state index contributed by atoms with van der Waals surface area (Å²) in [5.74, 6) is -2.02. The van der Waals surface area contributed by atoms with Gasteiger partial charge in [0.25, 0.3) is 0 Å². The lowest BCUT2D eigenvalue weighted by Crippen LogP contribution is -2.70. The minimum atomic E-state index is -1.53. The van der Waals surface area contributed by atoms with Crippen LogP contribution in [0.2, 0.25) is 0 Å². The summed E-state index contributed by atoms with van der Waals surface area (Å²) in [4.78, 5) is 34.4. The Balaban J connectivity index is 1.79. The quantitative estimate of drug-likeness (QED) is 0.0655. The highest BCUT2D eigenvalue weighted by atomic mass is 19.1. The van der Waals surface area contributed by atoms with Gasteiger partial charge < -0.3 is 39.3 Å². The first-order chi connectivity index (χ1) is 27.7. The predicted molar refractivity (Wildman–Crippen MR) is 214 cm³/mol. The number of carbonyl (C=O) groups is 2. The maximum absolute atomic E-state index is 14.4. The number of allylic oxidation sites excluding steroid dienone is 1. The Bertz CT molecular complexity index is 1730. The Hall–Kier alpha value is -4.72. The van der Waals surface area contributed by atoms with Gasteiger partial charge in [-0.3, -0.25) is 4.90 Å². The molecule has 0 bridgehead atoms. The fourth-order valence-electron chi connectivity index (χ4n) is 8.54. The zero-order valence-corrected chi connectivity index (χ0v) is 33.2. The fraction of sp³-hybridized carbons (Fsp3) is 0.523. The van der Waals surface area contributed by atoms with Crippen LogP contribution in [-0.4, -0.2) is 84.4 Å². The Labute approximate surface area is 335 Å². The molecule has 1 aliphatic heterocycles. The number of halogens is 1. The number of aliphatic hydroxyl groups excluding tert-OH is 2. The highest BCUT2D eigenvalue weighted by Gasteiger charge is 2.65. The number of hydrogen-bond donors (Lipinski definition) is 3. The first-order valence-corrected chi connectivity index (χ1v) is 20.2. The number of benzene rings is 2. The summed E-state index contributed by atoms with van der Waals surface area (Å²) in [5.41, 5.74) is 2.96. The second-order valence-electron chi connectivity index (χ2n) is 14.6. The van der Waals surface area contributed by atoms with E-state index in [1.54, 1.807) is 41.3 Å². The third kappa shape index (κ3) is 10.2. The highest BCUT2D eigenvalue weighted by molar-refractivity contribution is 6.03. The maximum Gasteiger partial charge on any atom is 0.412 e. The van der Waals surface area contributed by atoms with Crippen LogP contribution >= 0.6 is 0 Å². The summed E-state index contributed by atoms with van der Waals surface area (Å²) in [7, 11) is 0. The minimum Gasteiger partial charge on any atom is -0.459 e. The van der Waals surface area contributed by atoms with Gasteiger partial charge in [0, 0.05) is 44.2 Å². The monoisotopic (exact) mass is 791 g/mol. The van der Waals surface area contributed by atoms with Crippen molar-refractivity contribution in [1.82, 2.24) is 10.2 Å². The molecule has 0 radical (unpaired) electrons. The van der Waals surface area contributed by atoms with Gasteiger partial charge in [-0.2, -0.15) is 0 Å². The van der Waals surface area contributed by atoms with E-state index in [-0.39, 0.29) is 57.1 Å². The number of amides is 2. The number of unbranched alkanes of at least 4 members (excludes halogenated alkanes) is 2. The standard InChI is InChI=1S/C44H58FN3O9/c1-5-9-25-53-43(52)48(29-30-16-18-32(45)19-17-30)39-28-37(47-55-8-4)35-26-31(14-10-12-22-49)34(15-11-13-23-50)40-36-27-33(56-42(51)46-7-3)20-21-38(36)57-44(39,41(35)40)54-24-6-2/h5-6,16-21,26-27,31,34,39-41,49-50H,1-2,7-15,22-25,28-29H2,3-4H3,(H,46,51). The van der Waals surface area contributed by atoms with Gasteiger partial charge in [-0.15, -0.1) is 13.2 Å². The average molecular weight is 792 g/mol. The Morgan fingerprint density at radius 3 is 2.49 bits per heavy atom. The van der Waals surface area contributed by atoms with E-state index >= 15 is 0 Å². The smallest absolute Gasteiger partial charge is 0.412 e. The number of hydrogen-bond acceptors (Lipinski definition) is 10. The van der Waals surface area contributed by atoms with Gasteiger partial charge in [-0.05, 0) is 99.3 Å². The maximum atomic E-state index is 14.4. The van der Waals surface area contributed by atoms with Gasteiger partial charge in [-0.25, -0.2) is 14.0 Å². The van der Waals surface area contributed by atoms with Crippen LogP contribution in [0.5, 0.6) is 11.5 Å². The lowest BCUT2D eigenvalue weighted by molar-refractivity contribution is -0.256. The van der Waals surface area contributed by atoms with Crippen molar-refractivity contribution in [3.8, 4) is 11.5 Å². The summed E-state index contributed by atoms with van der Waals surface area (Å²) >= 11 is 0. The van der Waals surface area contributed by atoms with Gasteiger partial charge >= 0.3 is 12.2 Å². The highest BCUT2D eigenvalue weighted by Crippen LogP contribution is 2.62. The van der Waals surface area contributed by atoms with Crippen molar-refractivity contribution in [3.63, 3.8) is 0 Å². The Morgan fingerprint density at radius 2 is 1.81 bits per heavy atom. The molecule has 310 valence electrons. The van der Waals surface area contributed by atoms with E-state index in [9.17, 15) is 24.2 Å². The van der Waals surface area contributed by atoms with E-state index in [0.29, 0.717) is 55.2 Å². The molecule has 2 aromatic carbocycles. The number of aliphatic hydroxyl groups is 2. The van der Waals surface area contributed by atoms with E-state index in [1.165, 1.54) is 12.1 Å². The topological polar surface area (TPSA) is 148 Å². The minimum absolute atomic E-state index is 0.0186. The molecule has 57 heavy (non-hydrogen) atoms. The molecular weight excluding hydrogens is 733 g/mol. The molecule has 3 N–H and O–H groups in total. The largest absolute Gasteiger partial charge is 0.459 e. The Kier molecular flexibility index (Phi) is 16.1. The molecule has 1 saturated carbocycles. The third-order valence-corrected chi connectivity index (χ3v) is 10.9. The van der Waals surface area contributed by atoms with Crippen LogP contribution in [0.25, 0.3) is 0 Å². The zero-order chi connectivity index (χ0) is 40.8. The number of carbonyl (C=O) groups excluding carboxylic acids is 2. The molecule has 0 spiro atoms. The van der Waals surface area contributed by atoms with Crippen LogP contribution in [0.15, 0.2) is 84.6 Å². The second kappa shape index (κ2) is 21.2. The van der Waals surface area contributed by atoms with E-state index in [2.05, 4.69) is 24.6 Å². The van der Waals surface area contributed by atoms with Crippen molar-refractivity contribution >= 4 is 17.9 Å². The zero-order valence-electron chi connectivity index (χ0n) is 33.2. The molecule has 13 heteroatoms. The molecule has 2 aromatic rings. The van der Waals surface area contributed by atoms with Gasteiger partial charge in [0.15, 0.2) is 0 Å². The van der Waals surface area contributed by atoms with Crippen molar-refractivity contribution in [2.75, 3.05) is 39.6 Å². The van der Waals surface area contributed by atoms with Crippen LogP contribution in [0.4, 0.5) is 14.0 Å². The molecule has 5 rings (SSSR count). The van der Waals surface area contributed by atoms with Gasteiger partial charge in [-0.1, -0.05) is 48.4 Å². The molecule has 0 saturated heterocycles. The lowest BCUT2D eigenvalue weighted by Gasteiger charge is -2.59. The van der Waals surface area contributed by atoms with Crippen molar-refractivity contribution in [2.24, 2.45) is 22.9 Å². The summed E-state index contributed by atoms with van der Waals surface area (Å²) in [6.07, 6.45) is 9.24. The SMILES string of the molecule is C=CCCOC(=O)N(Cc1ccc(F)cc1)C1CC(=NOCC)C2=CC(CCCCO)C(CCCCO)C3c4cc(OC(=O)NCC)ccc4OC1(OCC=C)C23. The summed E-state index contributed by atoms with van der Waals surface area (Å²) < 4.78 is 39.9. The molecule has 1 fully saturated rings. The van der Waals surface area contributed by atoms with Gasteiger partial charge in [0.05, 0.1) is 24.8 Å². The number of oxime groups is 1. The lowest BCUT2D eigenvalue weighted by atomic mass is 9.55. The van der Waals surface area contributed by atoms with Crippen molar-refractivity contribution < 1.29 is 48.0 Å². The van der Waals surface area contributed by atoms with Crippen LogP contribution in [0.1, 0.15) is 82.3 Å². The molecular formula is C44H58FN3O9. The predicted octanol–water partition coefficient (Wildman–Crippen LogP) is 7.80. The van der Waals surface area contributed by atoms with Crippen LogP contribution in [0, 0.1) is 23.6 Å². The first kappa shape index (κ1) is 43.4. The van der Waals surface area contributed by atoms with Crippen LogP contribution < -0.4 is 14.8 Å². The van der Waals surface area contributed by atoms with Crippen LogP contribution in [-0.2, 0) is 20.9 Å². The van der Waals surface area contributed by atoms with Crippen LogP contribution in [0.3, 0.4) is 0 Å². The van der Waals surface area contributed by atoms with E-state index < -0.39 is 35.8 Å². The van der Waals surface area contributed by atoms with Crippen molar-refractivity contribution in [1.29, 1.82) is 0 Å². The molecule has 12 nitrogen and oxygen atoms in total. The molecule has 2 amide bonds. The Morgan fingerprint density at radius 1 is 1.05 bits per heavy atom. The van der Waals surface area contributed by atoms with E-state index in [0.717, 1.165) is 36.8 Å². The number of nitrogens with one attached hydrogen (secondary N) is 1. The van der Waals surface area contributed by atoms with E-state index in [1.807, 2.05) is 19.9 Å². The summed E-state index contributed by atoms with van der Waals surface area (Å²) in [6.45, 7) is 12.4. The number of fused-ring (bicyclic) bond motifs is 2. The average Bonchev–Trinajstić information content (AvgIpc) is 3.20. The number of nitrogens with zero attached hydrogens (tertiary/aromatic N) is 2. The molecule has 6 atom stereocenters. The molecule has 3 aliphatic rings. The normalized spacial score (nSPS) is 23.9. The number of ether oxygens (including phenoxy) is 4. The molecule has 2 aliphatic carbocycles. The molecule has 0 aromatic heterocycles. The van der Waals surface area contributed by atoms with E-state index in [4.69, 9.17) is 28.9 Å². The first-order valence-electron chi connectivity index (χ1n) is 20.2. The van der Waals surface area contributed by atoms with Crippen molar-refractivity contribution in [2.45, 2.75) is 89.5 Å². The van der Waals surface area contributed by atoms with Crippen molar-refractivity contribution in [3.05, 3.63) is 96.4 Å². The number of rotatable bonds is 21. The summed E-state index contributed by atoms with van der Waals surface area (Å²) in [6, 6.07) is 10.4. The molecule has 6 unspecified atom stereocenters. The fourth-order valence-corrected chi connectivity index (χ4v) is 8.54. The second-order valence-corrected chi connectivity index (χ2v) is 14.6. The summed E-state index contributed by atoms with van der Waals surface area (Å²) in [5, 5.41) is 27.0. The third-order valence-electron chi connectivity index (χ3n) is 10.9. The molecule has 1 heterocycles. The van der Waals surface area contributed by atoms with Gasteiger partial charge in [0.2, 0.25) is 5.79 Å².